The molecule has 0 N–H and O–H groups in total. The van der Waals surface area contributed by atoms with Gasteiger partial charge in [-0.25, -0.2) is 4.63 Å². The first-order valence-corrected chi connectivity index (χ1v) is 8.30. The zero-order valence-electron chi connectivity index (χ0n) is 13.1. The van der Waals surface area contributed by atoms with E-state index in [1.807, 2.05) is 30.3 Å². The fourth-order valence-electron chi connectivity index (χ4n) is 3.68. The molecule has 3 aliphatic heterocycles. The molecule has 6 rings (SSSR count). The summed E-state index contributed by atoms with van der Waals surface area (Å²) in [5, 5.41) is 16.2. The Morgan fingerprint density at radius 2 is 1.88 bits per heavy atom. The Hall–Kier alpha value is -2.54. The molecule has 0 unspecified atom stereocenters. The Labute approximate surface area is 138 Å². The van der Waals surface area contributed by atoms with Crippen LogP contribution in [0.5, 0.6) is 5.88 Å². The van der Waals surface area contributed by atoms with Gasteiger partial charge >= 0.3 is 0 Å². The SMILES string of the molecule is c1cc2nonc2cc1-c1ccc(O[C@H]2CN3CCC2CC3)nn1. The van der Waals surface area contributed by atoms with E-state index in [-0.39, 0.29) is 6.10 Å². The highest BCUT2D eigenvalue weighted by atomic mass is 16.6. The molecule has 0 aliphatic carbocycles. The summed E-state index contributed by atoms with van der Waals surface area (Å²) in [5.74, 6) is 1.25. The zero-order chi connectivity index (χ0) is 15.9. The lowest BCUT2D eigenvalue weighted by atomic mass is 9.86. The molecule has 122 valence electrons. The van der Waals surface area contributed by atoms with Crippen LogP contribution in [0.3, 0.4) is 0 Å². The van der Waals surface area contributed by atoms with Crippen molar-refractivity contribution in [3.05, 3.63) is 30.3 Å². The summed E-state index contributed by atoms with van der Waals surface area (Å²) in [6.45, 7) is 3.41. The minimum absolute atomic E-state index is 0.241. The lowest BCUT2D eigenvalue weighted by molar-refractivity contribution is -0.0103. The second-order valence-electron chi connectivity index (χ2n) is 6.52. The minimum Gasteiger partial charge on any atom is -0.472 e. The van der Waals surface area contributed by atoms with Crippen molar-refractivity contribution in [3.8, 4) is 17.1 Å². The molecule has 5 heterocycles. The van der Waals surface area contributed by atoms with E-state index in [1.165, 1.54) is 25.9 Å². The molecule has 2 aromatic heterocycles. The van der Waals surface area contributed by atoms with Crippen LogP contribution in [-0.4, -0.2) is 51.1 Å². The van der Waals surface area contributed by atoms with Gasteiger partial charge in [0.15, 0.2) is 0 Å². The molecule has 7 heteroatoms. The number of aromatic nitrogens is 4. The highest BCUT2D eigenvalue weighted by Gasteiger charge is 2.35. The summed E-state index contributed by atoms with van der Waals surface area (Å²) >= 11 is 0. The van der Waals surface area contributed by atoms with Gasteiger partial charge in [-0.3, -0.25) is 4.90 Å². The average molecular weight is 323 g/mol. The first-order valence-electron chi connectivity index (χ1n) is 8.30. The van der Waals surface area contributed by atoms with E-state index >= 15 is 0 Å². The molecule has 0 spiro atoms. The maximum Gasteiger partial charge on any atom is 0.233 e. The van der Waals surface area contributed by atoms with Gasteiger partial charge in [0, 0.05) is 18.2 Å². The molecular weight excluding hydrogens is 306 g/mol. The third-order valence-corrected chi connectivity index (χ3v) is 5.06. The Morgan fingerprint density at radius 1 is 1.00 bits per heavy atom. The summed E-state index contributed by atoms with van der Waals surface area (Å²) in [7, 11) is 0. The summed E-state index contributed by atoms with van der Waals surface area (Å²) in [4.78, 5) is 2.47. The van der Waals surface area contributed by atoms with Gasteiger partial charge in [0.2, 0.25) is 5.88 Å². The number of piperidine rings is 3. The fraction of sp³-hybridized carbons (Fsp3) is 0.412. The van der Waals surface area contributed by atoms with E-state index in [9.17, 15) is 0 Å². The van der Waals surface area contributed by atoms with Crippen molar-refractivity contribution < 1.29 is 9.37 Å². The fourth-order valence-corrected chi connectivity index (χ4v) is 3.68. The molecule has 7 nitrogen and oxygen atoms in total. The van der Waals surface area contributed by atoms with Gasteiger partial charge in [0.05, 0.1) is 5.69 Å². The monoisotopic (exact) mass is 323 g/mol. The highest BCUT2D eigenvalue weighted by Crippen LogP contribution is 2.30. The summed E-state index contributed by atoms with van der Waals surface area (Å²) < 4.78 is 10.8. The van der Waals surface area contributed by atoms with Crippen molar-refractivity contribution in [1.29, 1.82) is 0 Å². The molecule has 1 aromatic carbocycles. The third kappa shape index (κ3) is 2.41. The van der Waals surface area contributed by atoms with Crippen molar-refractivity contribution in [2.24, 2.45) is 5.92 Å². The number of rotatable bonds is 3. The van der Waals surface area contributed by atoms with Crippen molar-refractivity contribution in [3.63, 3.8) is 0 Å². The minimum atomic E-state index is 0.241. The molecule has 3 aliphatic rings. The van der Waals surface area contributed by atoms with Crippen LogP contribution in [0, 0.1) is 5.92 Å². The highest BCUT2D eigenvalue weighted by molar-refractivity contribution is 5.79. The van der Waals surface area contributed by atoms with Crippen molar-refractivity contribution >= 4 is 11.0 Å². The zero-order valence-corrected chi connectivity index (χ0v) is 13.1. The first-order chi connectivity index (χ1) is 11.8. The molecule has 2 bridgehead atoms. The molecule has 3 aromatic rings. The molecule has 1 atom stereocenters. The maximum absolute atomic E-state index is 6.09. The lowest BCUT2D eigenvalue weighted by Crippen LogP contribution is -2.52. The molecule has 3 saturated heterocycles. The summed E-state index contributed by atoms with van der Waals surface area (Å²) in [6, 6.07) is 9.51. The number of hydrogen-bond acceptors (Lipinski definition) is 7. The quantitative estimate of drug-likeness (QED) is 0.731. The average Bonchev–Trinajstić information content (AvgIpc) is 3.11. The van der Waals surface area contributed by atoms with Gasteiger partial charge in [-0.1, -0.05) is 6.07 Å². The van der Waals surface area contributed by atoms with Crippen LogP contribution in [0.2, 0.25) is 0 Å². The molecule has 24 heavy (non-hydrogen) atoms. The van der Waals surface area contributed by atoms with Crippen LogP contribution >= 0.6 is 0 Å². The van der Waals surface area contributed by atoms with E-state index in [1.54, 1.807) is 0 Å². The predicted octanol–water partition coefficient (Wildman–Crippen LogP) is 2.15. The molecule has 3 fully saturated rings. The number of hydrogen-bond donors (Lipinski definition) is 0. The van der Waals surface area contributed by atoms with E-state index in [0.29, 0.717) is 17.3 Å². The first kappa shape index (κ1) is 13.9. The van der Waals surface area contributed by atoms with Crippen LogP contribution in [0.25, 0.3) is 22.3 Å². The van der Waals surface area contributed by atoms with Crippen LogP contribution in [-0.2, 0) is 0 Å². The van der Waals surface area contributed by atoms with E-state index in [2.05, 4.69) is 25.4 Å². The van der Waals surface area contributed by atoms with Gasteiger partial charge in [-0.2, -0.15) is 0 Å². The van der Waals surface area contributed by atoms with E-state index in [0.717, 1.165) is 23.3 Å². The Balaban J connectivity index is 1.35. The largest absolute Gasteiger partial charge is 0.472 e. The van der Waals surface area contributed by atoms with Gasteiger partial charge in [0.1, 0.15) is 17.1 Å². The van der Waals surface area contributed by atoms with Crippen LogP contribution in [0.15, 0.2) is 35.0 Å². The lowest BCUT2D eigenvalue weighted by Gasteiger charge is -2.44. The van der Waals surface area contributed by atoms with E-state index in [4.69, 9.17) is 9.37 Å². The molecule has 0 radical (unpaired) electrons. The predicted molar refractivity (Wildman–Crippen MR) is 86.4 cm³/mol. The summed E-state index contributed by atoms with van der Waals surface area (Å²) in [5.41, 5.74) is 3.15. The van der Waals surface area contributed by atoms with Crippen LogP contribution < -0.4 is 4.74 Å². The Bertz CT molecular complexity index is 855. The Kier molecular flexibility index (Phi) is 3.19. The van der Waals surface area contributed by atoms with Gasteiger partial charge < -0.3 is 4.74 Å². The topological polar surface area (TPSA) is 77.2 Å². The second-order valence-corrected chi connectivity index (χ2v) is 6.52. The maximum atomic E-state index is 6.09. The third-order valence-electron chi connectivity index (χ3n) is 5.06. The smallest absolute Gasteiger partial charge is 0.233 e. The number of benzene rings is 1. The molecular formula is C17H17N5O2. The number of ether oxygens (including phenoxy) is 1. The van der Waals surface area contributed by atoms with Crippen LogP contribution in [0.4, 0.5) is 0 Å². The standard InChI is InChI=1S/C17H17N5O2/c1-2-14-15(21-24-20-14)9-12(1)13-3-4-17(19-18-13)23-16-10-22-7-5-11(16)6-8-22/h1-4,9,11,16H,5-8,10H2/t16-/m0/s1. The number of fused-ring (bicyclic) bond motifs is 4. The number of nitrogens with zero attached hydrogens (tertiary/aromatic N) is 5. The normalized spacial score (nSPS) is 25.9. The van der Waals surface area contributed by atoms with Gasteiger partial charge in [0.25, 0.3) is 0 Å². The van der Waals surface area contributed by atoms with Gasteiger partial charge in [-0.05, 0) is 60.4 Å². The Morgan fingerprint density at radius 3 is 2.62 bits per heavy atom. The molecule has 0 saturated carbocycles. The van der Waals surface area contributed by atoms with Gasteiger partial charge in [-0.15, -0.1) is 10.2 Å². The van der Waals surface area contributed by atoms with E-state index < -0.39 is 0 Å². The second kappa shape index (κ2) is 5.52. The van der Waals surface area contributed by atoms with Crippen LogP contribution in [0.1, 0.15) is 12.8 Å². The molecule has 0 amide bonds. The summed E-state index contributed by atoms with van der Waals surface area (Å²) in [6.07, 6.45) is 2.69. The van der Waals surface area contributed by atoms with Crippen molar-refractivity contribution in [2.75, 3.05) is 19.6 Å². The van der Waals surface area contributed by atoms with Crippen molar-refractivity contribution in [2.45, 2.75) is 18.9 Å². The van der Waals surface area contributed by atoms with Crippen molar-refractivity contribution in [1.82, 2.24) is 25.4 Å².